The van der Waals surface area contributed by atoms with Gasteiger partial charge in [-0.2, -0.15) is 0 Å². The molecule has 0 saturated heterocycles. The molecule has 0 radical (unpaired) electrons. The average Bonchev–Trinajstić information content (AvgIpc) is 3.26. The molecule has 3 aromatic carbocycles. The van der Waals surface area contributed by atoms with E-state index >= 15 is 0 Å². The van der Waals surface area contributed by atoms with Crippen LogP contribution in [-0.2, 0) is 12.3 Å². The van der Waals surface area contributed by atoms with Gasteiger partial charge < -0.3 is 5.32 Å². The second kappa shape index (κ2) is 10.9. The molecule has 4 aromatic rings. The zero-order valence-corrected chi connectivity index (χ0v) is 20.8. The van der Waals surface area contributed by atoms with Crippen LogP contribution in [0.5, 0.6) is 0 Å². The number of halogens is 2. The van der Waals surface area contributed by atoms with E-state index in [0.717, 1.165) is 11.1 Å². The molecule has 0 spiro atoms. The molecule has 0 saturated carbocycles. The highest BCUT2D eigenvalue weighted by molar-refractivity contribution is 7.98. The van der Waals surface area contributed by atoms with Crippen molar-refractivity contribution >= 4 is 46.6 Å². The lowest BCUT2D eigenvalue weighted by Crippen LogP contribution is -2.24. The molecule has 0 fully saturated rings. The third kappa shape index (κ3) is 5.82. The van der Waals surface area contributed by atoms with Crippen molar-refractivity contribution in [3.63, 3.8) is 0 Å². The van der Waals surface area contributed by atoms with E-state index in [1.165, 1.54) is 30.0 Å². The van der Waals surface area contributed by atoms with Crippen molar-refractivity contribution in [1.82, 2.24) is 20.1 Å². The summed E-state index contributed by atoms with van der Waals surface area (Å²) < 4.78 is 1.78. The number of aromatic nitrogens is 3. The van der Waals surface area contributed by atoms with E-state index in [1.807, 2.05) is 31.2 Å². The number of nitro groups is 1. The number of non-ortho nitro benzene ring substituents is 1. The predicted molar refractivity (Wildman–Crippen MR) is 136 cm³/mol. The number of aryl methyl sites for hydroxylation is 1. The van der Waals surface area contributed by atoms with Gasteiger partial charge in [-0.3, -0.25) is 19.5 Å². The summed E-state index contributed by atoms with van der Waals surface area (Å²) in [4.78, 5) is 23.3. The van der Waals surface area contributed by atoms with E-state index in [9.17, 15) is 14.9 Å². The van der Waals surface area contributed by atoms with Crippen LogP contribution in [-0.4, -0.2) is 25.6 Å². The number of nitrogens with one attached hydrogen (secondary N) is 1. The second-order valence-electron chi connectivity index (χ2n) is 7.53. The molecule has 0 bridgehead atoms. The summed E-state index contributed by atoms with van der Waals surface area (Å²) in [6, 6.07) is 18.8. The Labute approximate surface area is 215 Å². The van der Waals surface area contributed by atoms with Crippen molar-refractivity contribution < 1.29 is 9.72 Å². The largest absolute Gasteiger partial charge is 0.345 e. The van der Waals surface area contributed by atoms with Gasteiger partial charge in [-0.25, -0.2) is 0 Å². The Morgan fingerprint density at radius 2 is 1.80 bits per heavy atom. The van der Waals surface area contributed by atoms with Gasteiger partial charge in [0.1, 0.15) is 0 Å². The van der Waals surface area contributed by atoms with E-state index in [0.29, 0.717) is 33.0 Å². The summed E-state index contributed by atoms with van der Waals surface area (Å²) in [5, 5.41) is 23.7. The minimum atomic E-state index is -0.456. The normalized spacial score (nSPS) is 10.8. The highest BCUT2D eigenvalue weighted by atomic mass is 35.5. The summed E-state index contributed by atoms with van der Waals surface area (Å²) in [5.41, 5.74) is 3.30. The first-order valence-electron chi connectivity index (χ1n) is 10.4. The maximum absolute atomic E-state index is 12.7. The molecule has 8 nitrogen and oxygen atoms in total. The Balaban J connectivity index is 1.60. The molecule has 35 heavy (non-hydrogen) atoms. The van der Waals surface area contributed by atoms with Crippen molar-refractivity contribution in [1.29, 1.82) is 0 Å². The number of thioether (sulfide) groups is 1. The molecule has 1 heterocycles. The third-order valence-electron chi connectivity index (χ3n) is 5.23. The van der Waals surface area contributed by atoms with Crippen molar-refractivity contribution in [3.8, 4) is 5.69 Å². The van der Waals surface area contributed by atoms with Gasteiger partial charge in [-0.1, -0.05) is 59.2 Å². The van der Waals surface area contributed by atoms with Crippen LogP contribution in [0.2, 0.25) is 10.0 Å². The molecule has 1 aromatic heterocycles. The lowest BCUT2D eigenvalue weighted by molar-refractivity contribution is -0.384. The van der Waals surface area contributed by atoms with Gasteiger partial charge in [-0.15, -0.1) is 10.2 Å². The number of rotatable bonds is 8. The molecule has 0 unspecified atom stereocenters. The fraction of sp³-hybridized carbons (Fsp3) is 0.125. The molecule has 11 heteroatoms. The number of nitro benzene ring substituents is 1. The molecule has 1 amide bonds. The highest BCUT2D eigenvalue weighted by Gasteiger charge is 2.18. The first-order chi connectivity index (χ1) is 16.8. The number of carbonyl (C=O) groups is 1. The Bertz CT molecular complexity index is 1390. The molecule has 4 rings (SSSR count). The van der Waals surface area contributed by atoms with Gasteiger partial charge in [0.2, 0.25) is 0 Å². The van der Waals surface area contributed by atoms with Crippen LogP contribution in [0.1, 0.15) is 27.3 Å². The number of nitrogens with zero attached hydrogens (tertiary/aromatic N) is 4. The fourth-order valence-corrected chi connectivity index (χ4v) is 4.65. The lowest BCUT2D eigenvalue weighted by Gasteiger charge is -2.12. The molecular formula is C24H19Cl2N5O3S. The minimum absolute atomic E-state index is 0.0228. The molecule has 0 atom stereocenters. The summed E-state index contributed by atoms with van der Waals surface area (Å²) in [5.74, 6) is 0.781. The Morgan fingerprint density at radius 3 is 2.49 bits per heavy atom. The molecular weight excluding hydrogens is 509 g/mol. The van der Waals surface area contributed by atoms with Crippen LogP contribution in [0.3, 0.4) is 0 Å². The fourth-order valence-electron chi connectivity index (χ4n) is 3.30. The summed E-state index contributed by atoms with van der Waals surface area (Å²) in [6.45, 7) is 2.12. The van der Waals surface area contributed by atoms with E-state index < -0.39 is 4.92 Å². The molecule has 0 aliphatic heterocycles. The molecule has 178 valence electrons. The van der Waals surface area contributed by atoms with Crippen LogP contribution in [0.15, 0.2) is 71.9 Å². The number of hydrogen-bond donors (Lipinski definition) is 1. The van der Waals surface area contributed by atoms with Gasteiger partial charge in [0.15, 0.2) is 11.0 Å². The zero-order valence-electron chi connectivity index (χ0n) is 18.4. The van der Waals surface area contributed by atoms with Crippen LogP contribution in [0.25, 0.3) is 5.69 Å². The van der Waals surface area contributed by atoms with Crippen molar-refractivity contribution in [2.24, 2.45) is 0 Å². The lowest BCUT2D eigenvalue weighted by atomic mass is 10.1. The first-order valence-corrected chi connectivity index (χ1v) is 12.2. The van der Waals surface area contributed by atoms with Gasteiger partial charge in [0, 0.05) is 29.1 Å². The summed E-state index contributed by atoms with van der Waals surface area (Å²) in [6.07, 6.45) is 0. The Kier molecular flexibility index (Phi) is 7.70. The zero-order chi connectivity index (χ0) is 24.9. The Hall–Kier alpha value is -3.40. The van der Waals surface area contributed by atoms with Gasteiger partial charge in [0.25, 0.3) is 11.6 Å². The highest BCUT2D eigenvalue weighted by Crippen LogP contribution is 2.28. The van der Waals surface area contributed by atoms with E-state index in [2.05, 4.69) is 15.5 Å². The third-order valence-corrected chi connectivity index (χ3v) is 6.94. The van der Waals surface area contributed by atoms with Gasteiger partial charge in [0.05, 0.1) is 21.5 Å². The average molecular weight is 528 g/mol. The molecule has 0 aliphatic carbocycles. The number of benzene rings is 3. The number of amides is 1. The van der Waals surface area contributed by atoms with E-state index in [4.69, 9.17) is 23.2 Å². The van der Waals surface area contributed by atoms with Gasteiger partial charge >= 0.3 is 0 Å². The number of hydrogen-bond acceptors (Lipinski definition) is 6. The van der Waals surface area contributed by atoms with Crippen molar-refractivity contribution in [2.75, 3.05) is 0 Å². The Morgan fingerprint density at radius 1 is 1.06 bits per heavy atom. The maximum Gasteiger partial charge on any atom is 0.269 e. The molecule has 0 aliphatic rings. The monoisotopic (exact) mass is 527 g/mol. The predicted octanol–water partition coefficient (Wildman–Crippen LogP) is 6.01. The SMILES string of the molecule is Cc1ccccc1CSc1nnc(CNC(=O)c2ccc(Cl)c(Cl)c2)n1-c1ccc([N+](=O)[O-])cc1. The summed E-state index contributed by atoms with van der Waals surface area (Å²) in [7, 11) is 0. The van der Waals surface area contributed by atoms with E-state index in [-0.39, 0.29) is 23.2 Å². The van der Waals surface area contributed by atoms with Crippen molar-refractivity contribution in [3.05, 3.63) is 109 Å². The van der Waals surface area contributed by atoms with Gasteiger partial charge in [-0.05, 0) is 48.4 Å². The van der Waals surface area contributed by atoms with Crippen LogP contribution in [0, 0.1) is 17.0 Å². The van der Waals surface area contributed by atoms with Crippen LogP contribution < -0.4 is 5.32 Å². The first kappa shape index (κ1) is 24.7. The van der Waals surface area contributed by atoms with E-state index in [1.54, 1.807) is 28.8 Å². The topological polar surface area (TPSA) is 103 Å². The second-order valence-corrected chi connectivity index (χ2v) is 9.29. The van der Waals surface area contributed by atoms with Crippen LogP contribution in [0.4, 0.5) is 5.69 Å². The van der Waals surface area contributed by atoms with Crippen LogP contribution >= 0.6 is 35.0 Å². The minimum Gasteiger partial charge on any atom is -0.345 e. The quantitative estimate of drug-likeness (QED) is 0.171. The maximum atomic E-state index is 12.7. The van der Waals surface area contributed by atoms with Crippen molar-refractivity contribution in [2.45, 2.75) is 24.4 Å². The smallest absolute Gasteiger partial charge is 0.269 e. The summed E-state index contributed by atoms with van der Waals surface area (Å²) >= 11 is 13.4. The molecule has 1 N–H and O–H groups in total. The standard InChI is InChI=1S/C24H19Cl2N5O3S/c1-15-4-2-3-5-17(15)14-35-24-29-28-22(30(24)18-7-9-19(10-8-18)31(33)34)13-27-23(32)16-6-11-20(25)21(26)12-16/h2-12H,13-14H2,1H3,(H,27,32). The number of carbonyl (C=O) groups excluding carboxylic acids is 1.